The molecule has 3 N–H and O–H groups in total. The first-order valence-corrected chi connectivity index (χ1v) is 5.17. The normalized spacial score (nSPS) is 24.0. The Morgan fingerprint density at radius 1 is 1.54 bits per heavy atom. The molecule has 3 heteroatoms. The van der Waals surface area contributed by atoms with Gasteiger partial charge in [-0.05, 0) is 32.2 Å². The molecule has 1 aliphatic rings. The minimum atomic E-state index is -0.658. The van der Waals surface area contributed by atoms with Crippen LogP contribution in [0.5, 0.6) is 0 Å². The average molecular weight is 187 g/mol. The van der Waals surface area contributed by atoms with Gasteiger partial charge in [-0.1, -0.05) is 6.92 Å². The molecule has 0 aromatic carbocycles. The van der Waals surface area contributed by atoms with Gasteiger partial charge in [-0.3, -0.25) is 0 Å². The lowest BCUT2D eigenvalue weighted by atomic mass is 9.93. The van der Waals surface area contributed by atoms with Crippen molar-refractivity contribution >= 4 is 0 Å². The highest BCUT2D eigenvalue weighted by Crippen LogP contribution is 2.41. The SMILES string of the molecule is CCNC[C@@H](O)C[C@](C)(O)C1CC1. The number of nitrogens with one attached hydrogen (secondary N) is 1. The van der Waals surface area contributed by atoms with Crippen LogP contribution in [0.25, 0.3) is 0 Å². The van der Waals surface area contributed by atoms with Gasteiger partial charge in [0.1, 0.15) is 0 Å². The van der Waals surface area contributed by atoms with Crippen molar-refractivity contribution in [3.8, 4) is 0 Å². The second-order valence-corrected chi connectivity index (χ2v) is 4.30. The summed E-state index contributed by atoms with van der Waals surface area (Å²) in [5.74, 6) is 0.420. The number of hydrogen-bond acceptors (Lipinski definition) is 3. The summed E-state index contributed by atoms with van der Waals surface area (Å²) >= 11 is 0. The fourth-order valence-electron chi connectivity index (χ4n) is 1.73. The van der Waals surface area contributed by atoms with Crippen LogP contribution in [0.3, 0.4) is 0 Å². The standard InChI is InChI=1S/C10H21NO2/c1-3-11-7-9(12)6-10(2,13)8-4-5-8/h8-9,11-13H,3-7H2,1-2H3/t9-,10-/m0/s1. The number of likely N-dealkylation sites (N-methyl/N-ethyl adjacent to an activating group) is 1. The lowest BCUT2D eigenvalue weighted by Gasteiger charge is -2.26. The van der Waals surface area contributed by atoms with Crippen molar-refractivity contribution in [1.82, 2.24) is 5.32 Å². The van der Waals surface area contributed by atoms with Crippen molar-refractivity contribution in [3.63, 3.8) is 0 Å². The molecule has 0 amide bonds. The van der Waals surface area contributed by atoms with Crippen molar-refractivity contribution in [2.24, 2.45) is 5.92 Å². The zero-order chi connectivity index (χ0) is 9.90. The lowest BCUT2D eigenvalue weighted by Crippen LogP contribution is -2.37. The lowest BCUT2D eigenvalue weighted by molar-refractivity contribution is -0.0128. The topological polar surface area (TPSA) is 52.5 Å². The molecule has 2 atom stereocenters. The molecule has 0 saturated heterocycles. The third kappa shape index (κ3) is 3.63. The predicted octanol–water partition coefficient (Wildman–Crippen LogP) is 0.508. The first kappa shape index (κ1) is 11.0. The van der Waals surface area contributed by atoms with E-state index in [0.717, 1.165) is 19.4 Å². The van der Waals surface area contributed by atoms with Gasteiger partial charge in [0.2, 0.25) is 0 Å². The van der Waals surface area contributed by atoms with E-state index in [0.29, 0.717) is 18.9 Å². The largest absolute Gasteiger partial charge is 0.392 e. The summed E-state index contributed by atoms with van der Waals surface area (Å²) in [6.45, 7) is 5.29. The number of aliphatic hydroxyl groups excluding tert-OH is 1. The maximum Gasteiger partial charge on any atom is 0.0691 e. The molecule has 0 heterocycles. The molecule has 1 saturated carbocycles. The summed E-state index contributed by atoms with van der Waals surface area (Å²) in [7, 11) is 0. The third-order valence-electron chi connectivity index (χ3n) is 2.74. The maximum absolute atomic E-state index is 9.94. The van der Waals surface area contributed by atoms with E-state index in [9.17, 15) is 10.2 Å². The van der Waals surface area contributed by atoms with Gasteiger partial charge in [0, 0.05) is 13.0 Å². The van der Waals surface area contributed by atoms with Crippen molar-refractivity contribution in [2.75, 3.05) is 13.1 Å². The van der Waals surface area contributed by atoms with Crippen LogP contribution in [0.4, 0.5) is 0 Å². The molecule has 1 rings (SSSR count). The summed E-state index contributed by atoms with van der Waals surface area (Å²) in [6.07, 6.45) is 2.29. The van der Waals surface area contributed by atoms with Gasteiger partial charge in [0.05, 0.1) is 11.7 Å². The second-order valence-electron chi connectivity index (χ2n) is 4.30. The van der Waals surface area contributed by atoms with Crippen LogP contribution in [0.2, 0.25) is 0 Å². The van der Waals surface area contributed by atoms with E-state index in [1.807, 2.05) is 13.8 Å². The highest BCUT2D eigenvalue weighted by atomic mass is 16.3. The molecular formula is C10H21NO2. The third-order valence-corrected chi connectivity index (χ3v) is 2.74. The van der Waals surface area contributed by atoms with E-state index < -0.39 is 11.7 Å². The Hall–Kier alpha value is -0.120. The smallest absolute Gasteiger partial charge is 0.0691 e. The quantitative estimate of drug-likeness (QED) is 0.568. The zero-order valence-corrected chi connectivity index (χ0v) is 8.58. The molecule has 1 fully saturated rings. The average Bonchev–Trinajstić information content (AvgIpc) is 2.81. The molecule has 0 spiro atoms. The van der Waals surface area contributed by atoms with Crippen LogP contribution < -0.4 is 5.32 Å². The predicted molar refractivity (Wildman–Crippen MR) is 52.5 cm³/mol. The second kappa shape index (κ2) is 4.40. The van der Waals surface area contributed by atoms with Gasteiger partial charge in [0.15, 0.2) is 0 Å². The summed E-state index contributed by atoms with van der Waals surface area (Å²) in [5, 5.41) is 22.6. The van der Waals surface area contributed by atoms with Gasteiger partial charge >= 0.3 is 0 Å². The van der Waals surface area contributed by atoms with Gasteiger partial charge < -0.3 is 15.5 Å². The van der Waals surface area contributed by atoms with Crippen LogP contribution in [-0.2, 0) is 0 Å². The van der Waals surface area contributed by atoms with Crippen molar-refractivity contribution < 1.29 is 10.2 Å². The Balaban J connectivity index is 2.21. The zero-order valence-electron chi connectivity index (χ0n) is 8.58. The van der Waals surface area contributed by atoms with E-state index in [-0.39, 0.29) is 0 Å². The van der Waals surface area contributed by atoms with Crippen molar-refractivity contribution in [3.05, 3.63) is 0 Å². The Labute approximate surface area is 80.2 Å². The van der Waals surface area contributed by atoms with Gasteiger partial charge in [-0.15, -0.1) is 0 Å². The Morgan fingerprint density at radius 3 is 2.62 bits per heavy atom. The van der Waals surface area contributed by atoms with E-state index >= 15 is 0 Å². The molecule has 3 nitrogen and oxygen atoms in total. The van der Waals surface area contributed by atoms with Crippen LogP contribution >= 0.6 is 0 Å². The molecule has 0 aliphatic heterocycles. The van der Waals surface area contributed by atoms with Crippen LogP contribution in [-0.4, -0.2) is 35.0 Å². The highest BCUT2D eigenvalue weighted by molar-refractivity contribution is 4.92. The minimum Gasteiger partial charge on any atom is -0.392 e. The Bertz CT molecular complexity index is 155. The number of rotatable bonds is 6. The molecule has 0 aromatic heterocycles. The molecule has 0 aromatic rings. The molecule has 0 bridgehead atoms. The van der Waals surface area contributed by atoms with Crippen LogP contribution in [0, 0.1) is 5.92 Å². The monoisotopic (exact) mass is 187 g/mol. The summed E-state index contributed by atoms with van der Waals surface area (Å²) in [4.78, 5) is 0. The van der Waals surface area contributed by atoms with Gasteiger partial charge in [0.25, 0.3) is 0 Å². The van der Waals surface area contributed by atoms with E-state index in [1.165, 1.54) is 0 Å². The Kier molecular flexibility index (Phi) is 3.71. The first-order chi connectivity index (χ1) is 6.06. The summed E-state index contributed by atoms with van der Waals surface area (Å²) in [5.41, 5.74) is -0.658. The van der Waals surface area contributed by atoms with E-state index in [1.54, 1.807) is 0 Å². The van der Waals surface area contributed by atoms with Crippen molar-refractivity contribution in [2.45, 2.75) is 44.8 Å². The fourth-order valence-corrected chi connectivity index (χ4v) is 1.73. The van der Waals surface area contributed by atoms with Crippen molar-refractivity contribution in [1.29, 1.82) is 0 Å². The van der Waals surface area contributed by atoms with Crippen LogP contribution in [0.15, 0.2) is 0 Å². The fraction of sp³-hybridized carbons (Fsp3) is 1.00. The maximum atomic E-state index is 9.94. The highest BCUT2D eigenvalue weighted by Gasteiger charge is 2.40. The molecule has 13 heavy (non-hydrogen) atoms. The Morgan fingerprint density at radius 2 is 2.15 bits per heavy atom. The number of hydrogen-bond donors (Lipinski definition) is 3. The molecule has 78 valence electrons. The van der Waals surface area contributed by atoms with E-state index in [2.05, 4.69) is 5.32 Å². The van der Waals surface area contributed by atoms with E-state index in [4.69, 9.17) is 0 Å². The molecule has 0 unspecified atom stereocenters. The van der Waals surface area contributed by atoms with Gasteiger partial charge in [-0.2, -0.15) is 0 Å². The van der Waals surface area contributed by atoms with Gasteiger partial charge in [-0.25, -0.2) is 0 Å². The minimum absolute atomic E-state index is 0.420. The first-order valence-electron chi connectivity index (χ1n) is 5.17. The molecule has 0 radical (unpaired) electrons. The van der Waals surface area contributed by atoms with Crippen LogP contribution in [0.1, 0.15) is 33.1 Å². The number of aliphatic hydroxyl groups is 2. The molecular weight excluding hydrogens is 166 g/mol. The summed E-state index contributed by atoms with van der Waals surface area (Å²) < 4.78 is 0. The molecule has 1 aliphatic carbocycles. The summed E-state index contributed by atoms with van der Waals surface area (Å²) in [6, 6.07) is 0.